The molecule has 1 aliphatic rings. The zero-order valence-electron chi connectivity index (χ0n) is 14.3. The number of methoxy groups -OCH3 is 1. The Bertz CT molecular complexity index is 673. The van der Waals surface area contributed by atoms with Gasteiger partial charge in [0.1, 0.15) is 11.6 Å². The summed E-state index contributed by atoms with van der Waals surface area (Å²) in [6.45, 7) is 5.92. The molecule has 1 aromatic heterocycles. The molecule has 0 saturated carbocycles. The third kappa shape index (κ3) is 3.69. The van der Waals surface area contributed by atoms with Crippen LogP contribution < -0.4 is 9.64 Å². The van der Waals surface area contributed by atoms with Crippen molar-refractivity contribution in [3.8, 4) is 5.75 Å². The molecule has 0 atom stereocenters. The first-order chi connectivity index (χ1) is 11.7. The van der Waals surface area contributed by atoms with Crippen LogP contribution in [0.3, 0.4) is 0 Å². The monoisotopic (exact) mass is 328 g/mol. The maximum Gasteiger partial charge on any atom is 0.224 e. The minimum Gasteiger partial charge on any atom is -0.497 e. The topological polar surface area (TPSA) is 50.6 Å². The molecule has 0 N–H and O–H groups in total. The molecular weight excluding hydrogens is 304 g/mol. The maximum atomic E-state index is 12.4. The molecule has 1 aliphatic heterocycles. The first kappa shape index (κ1) is 16.4. The van der Waals surface area contributed by atoms with Crippen LogP contribution in [-0.2, 0) is 11.3 Å². The lowest BCUT2D eigenvalue weighted by Crippen LogP contribution is -2.48. The second-order valence-corrected chi connectivity index (χ2v) is 5.98. The van der Waals surface area contributed by atoms with Crippen molar-refractivity contribution in [3.05, 3.63) is 42.5 Å². The predicted molar refractivity (Wildman–Crippen MR) is 93.4 cm³/mol. The third-order valence-corrected chi connectivity index (χ3v) is 4.56. The number of hydrogen-bond donors (Lipinski definition) is 0. The van der Waals surface area contributed by atoms with Crippen LogP contribution in [0.2, 0.25) is 0 Å². The summed E-state index contributed by atoms with van der Waals surface area (Å²) >= 11 is 0. The number of anilines is 1. The number of rotatable bonds is 5. The quantitative estimate of drug-likeness (QED) is 0.842. The number of carbonyl (C=O) groups is 1. The number of aromatic nitrogens is 2. The van der Waals surface area contributed by atoms with E-state index in [9.17, 15) is 4.79 Å². The average Bonchev–Trinajstić information content (AvgIpc) is 3.05. The van der Waals surface area contributed by atoms with E-state index in [2.05, 4.69) is 22.0 Å². The predicted octanol–water partition coefficient (Wildman–Crippen LogP) is 1.94. The molecule has 2 aromatic rings. The second-order valence-electron chi connectivity index (χ2n) is 5.98. The van der Waals surface area contributed by atoms with Crippen molar-refractivity contribution in [2.75, 3.05) is 38.2 Å². The van der Waals surface area contributed by atoms with Crippen molar-refractivity contribution in [1.82, 2.24) is 14.5 Å². The Hall–Kier alpha value is -2.50. The molecule has 1 fully saturated rings. The van der Waals surface area contributed by atoms with Crippen LogP contribution >= 0.6 is 0 Å². The van der Waals surface area contributed by atoms with Gasteiger partial charge in [-0.2, -0.15) is 0 Å². The van der Waals surface area contributed by atoms with E-state index >= 15 is 0 Å². The highest BCUT2D eigenvalue weighted by molar-refractivity contribution is 5.76. The van der Waals surface area contributed by atoms with Crippen molar-refractivity contribution >= 4 is 11.6 Å². The lowest BCUT2D eigenvalue weighted by molar-refractivity contribution is -0.131. The molecule has 6 nitrogen and oxygen atoms in total. The highest BCUT2D eigenvalue weighted by atomic mass is 16.5. The van der Waals surface area contributed by atoms with Gasteiger partial charge in [-0.15, -0.1) is 0 Å². The fourth-order valence-corrected chi connectivity index (χ4v) is 3.02. The highest BCUT2D eigenvalue weighted by Crippen LogP contribution is 2.20. The lowest BCUT2D eigenvalue weighted by Gasteiger charge is -2.36. The number of imidazole rings is 1. The fraction of sp³-hybridized carbons (Fsp3) is 0.444. The fourth-order valence-electron chi connectivity index (χ4n) is 3.02. The van der Waals surface area contributed by atoms with Crippen LogP contribution in [0.15, 0.2) is 36.7 Å². The number of amides is 1. The minimum atomic E-state index is 0.220. The van der Waals surface area contributed by atoms with Crippen molar-refractivity contribution in [3.63, 3.8) is 0 Å². The Morgan fingerprint density at radius 1 is 1.17 bits per heavy atom. The first-order valence-electron chi connectivity index (χ1n) is 8.32. The van der Waals surface area contributed by atoms with Gasteiger partial charge in [0, 0.05) is 57.2 Å². The zero-order valence-corrected chi connectivity index (χ0v) is 14.3. The average molecular weight is 328 g/mol. The van der Waals surface area contributed by atoms with Gasteiger partial charge in [0.15, 0.2) is 0 Å². The van der Waals surface area contributed by atoms with Gasteiger partial charge in [0.25, 0.3) is 0 Å². The van der Waals surface area contributed by atoms with Gasteiger partial charge < -0.3 is 19.1 Å². The Kier molecular flexibility index (Phi) is 5.03. The van der Waals surface area contributed by atoms with E-state index in [-0.39, 0.29) is 5.91 Å². The van der Waals surface area contributed by atoms with E-state index in [1.54, 1.807) is 13.3 Å². The summed E-state index contributed by atoms with van der Waals surface area (Å²) in [5, 5.41) is 0. The standard InChI is InChI=1S/C18H24N4O2/c1-15-19-8-10-20(15)9-7-18(23)22-13-11-21(12-14-22)16-3-5-17(24-2)6-4-16/h3-6,8,10H,7,9,11-14H2,1-2H3. The summed E-state index contributed by atoms with van der Waals surface area (Å²) in [5.41, 5.74) is 1.18. The number of nitrogens with zero attached hydrogens (tertiary/aromatic N) is 4. The van der Waals surface area contributed by atoms with Gasteiger partial charge in [-0.05, 0) is 31.2 Å². The number of aryl methyl sites for hydroxylation is 2. The number of benzene rings is 1. The van der Waals surface area contributed by atoms with E-state index in [0.717, 1.165) is 37.8 Å². The van der Waals surface area contributed by atoms with Crippen LogP contribution in [0.5, 0.6) is 5.75 Å². The van der Waals surface area contributed by atoms with Crippen LogP contribution in [0.25, 0.3) is 0 Å². The minimum absolute atomic E-state index is 0.220. The summed E-state index contributed by atoms with van der Waals surface area (Å²) in [4.78, 5) is 20.8. The number of carbonyl (C=O) groups excluding carboxylic acids is 1. The van der Waals surface area contributed by atoms with Gasteiger partial charge in [-0.1, -0.05) is 0 Å². The summed E-state index contributed by atoms with van der Waals surface area (Å²) in [7, 11) is 1.67. The number of piperazine rings is 1. The van der Waals surface area contributed by atoms with E-state index in [4.69, 9.17) is 4.74 Å². The van der Waals surface area contributed by atoms with E-state index in [0.29, 0.717) is 13.0 Å². The zero-order chi connectivity index (χ0) is 16.9. The molecule has 24 heavy (non-hydrogen) atoms. The molecule has 1 aromatic carbocycles. The maximum absolute atomic E-state index is 12.4. The number of hydrogen-bond acceptors (Lipinski definition) is 4. The van der Waals surface area contributed by atoms with Crippen molar-refractivity contribution in [2.24, 2.45) is 0 Å². The van der Waals surface area contributed by atoms with Crippen LogP contribution in [0.1, 0.15) is 12.2 Å². The van der Waals surface area contributed by atoms with Gasteiger partial charge in [-0.3, -0.25) is 4.79 Å². The molecule has 0 unspecified atom stereocenters. The molecular formula is C18H24N4O2. The van der Waals surface area contributed by atoms with Crippen LogP contribution in [0, 0.1) is 6.92 Å². The molecule has 2 heterocycles. The van der Waals surface area contributed by atoms with Gasteiger partial charge in [0.2, 0.25) is 5.91 Å². The van der Waals surface area contributed by atoms with E-state index in [1.807, 2.05) is 34.7 Å². The van der Waals surface area contributed by atoms with Gasteiger partial charge in [-0.25, -0.2) is 4.98 Å². The number of ether oxygens (including phenoxy) is 1. The Balaban J connectivity index is 1.49. The summed E-state index contributed by atoms with van der Waals surface area (Å²) in [5.74, 6) is 2.03. The molecule has 1 amide bonds. The second kappa shape index (κ2) is 7.38. The Morgan fingerprint density at radius 3 is 2.46 bits per heavy atom. The van der Waals surface area contributed by atoms with Crippen LogP contribution in [-0.4, -0.2) is 53.6 Å². The molecule has 6 heteroatoms. The van der Waals surface area contributed by atoms with Crippen molar-refractivity contribution in [2.45, 2.75) is 19.9 Å². The molecule has 0 aliphatic carbocycles. The summed E-state index contributed by atoms with van der Waals surface area (Å²) in [6, 6.07) is 8.08. The first-order valence-corrected chi connectivity index (χ1v) is 8.32. The SMILES string of the molecule is COc1ccc(N2CCN(C(=O)CCn3ccnc3C)CC2)cc1. The summed E-state index contributed by atoms with van der Waals surface area (Å²) in [6.07, 6.45) is 4.22. The van der Waals surface area contributed by atoms with E-state index in [1.165, 1.54) is 5.69 Å². The molecule has 3 rings (SSSR count). The lowest BCUT2D eigenvalue weighted by atomic mass is 10.2. The Morgan fingerprint density at radius 2 is 1.88 bits per heavy atom. The van der Waals surface area contributed by atoms with Crippen molar-refractivity contribution in [1.29, 1.82) is 0 Å². The van der Waals surface area contributed by atoms with Crippen molar-refractivity contribution < 1.29 is 9.53 Å². The summed E-state index contributed by atoms with van der Waals surface area (Å²) < 4.78 is 7.21. The third-order valence-electron chi connectivity index (χ3n) is 4.56. The largest absolute Gasteiger partial charge is 0.497 e. The Labute approximate surface area is 142 Å². The molecule has 0 spiro atoms. The normalized spacial score (nSPS) is 14.8. The smallest absolute Gasteiger partial charge is 0.224 e. The van der Waals surface area contributed by atoms with Gasteiger partial charge in [0.05, 0.1) is 7.11 Å². The van der Waals surface area contributed by atoms with Gasteiger partial charge >= 0.3 is 0 Å². The van der Waals surface area contributed by atoms with Crippen LogP contribution in [0.4, 0.5) is 5.69 Å². The molecule has 1 saturated heterocycles. The molecule has 0 radical (unpaired) electrons. The molecule has 0 bridgehead atoms. The van der Waals surface area contributed by atoms with E-state index < -0.39 is 0 Å². The highest BCUT2D eigenvalue weighted by Gasteiger charge is 2.21. The molecule has 128 valence electrons.